The number of rotatable bonds is 4. The van der Waals surface area contributed by atoms with Crippen molar-refractivity contribution >= 4 is 50.9 Å². The molecule has 0 aliphatic rings. The summed E-state index contributed by atoms with van der Waals surface area (Å²) >= 11 is 6.06. The lowest BCUT2D eigenvalue weighted by Gasteiger charge is -2.09. The van der Waals surface area contributed by atoms with Crippen molar-refractivity contribution in [3.8, 4) is 0 Å². The molecule has 3 aromatic carbocycles. The molecular formula is C26H18ClN3O4. The molecule has 0 unspecified atom stereocenters. The van der Waals surface area contributed by atoms with E-state index >= 15 is 0 Å². The van der Waals surface area contributed by atoms with Gasteiger partial charge in [0, 0.05) is 23.0 Å². The fourth-order valence-electron chi connectivity index (χ4n) is 3.84. The zero-order valence-corrected chi connectivity index (χ0v) is 19.0. The Kier molecular flexibility index (Phi) is 5.26. The minimum absolute atomic E-state index is 0.0286. The van der Waals surface area contributed by atoms with Gasteiger partial charge in [-0.25, -0.2) is 0 Å². The Morgan fingerprint density at radius 3 is 2.50 bits per heavy atom. The number of nitrogens with zero attached hydrogens (tertiary/aromatic N) is 2. The van der Waals surface area contributed by atoms with E-state index < -0.39 is 17.1 Å². The summed E-state index contributed by atoms with van der Waals surface area (Å²) in [7, 11) is 1.63. The van der Waals surface area contributed by atoms with E-state index in [0.717, 1.165) is 5.56 Å². The fraction of sp³-hybridized carbons (Fsp3) is 0.0769. The molecular weight excluding hydrogens is 454 g/mol. The Hall–Kier alpha value is -4.23. The van der Waals surface area contributed by atoms with E-state index in [9.17, 15) is 14.4 Å². The second kappa shape index (κ2) is 8.28. The van der Waals surface area contributed by atoms with Crippen LogP contribution in [0.1, 0.15) is 32.2 Å². The van der Waals surface area contributed by atoms with Crippen LogP contribution in [0.3, 0.4) is 0 Å². The highest BCUT2D eigenvalue weighted by molar-refractivity contribution is 6.31. The lowest BCUT2D eigenvalue weighted by Crippen LogP contribution is -2.27. The molecule has 0 aliphatic heterocycles. The van der Waals surface area contributed by atoms with Crippen LogP contribution < -0.4 is 10.7 Å². The Bertz CT molecular complexity index is 1670. The molecule has 5 rings (SSSR count). The molecule has 2 aromatic heterocycles. The number of para-hydroxylation sites is 1. The first kappa shape index (κ1) is 21.6. The van der Waals surface area contributed by atoms with Crippen molar-refractivity contribution in [2.45, 2.75) is 6.92 Å². The first-order valence-electron chi connectivity index (χ1n) is 10.4. The average molecular weight is 472 g/mol. The van der Waals surface area contributed by atoms with Gasteiger partial charge in [-0.1, -0.05) is 53.6 Å². The number of halogens is 1. The van der Waals surface area contributed by atoms with Crippen molar-refractivity contribution < 1.29 is 14.0 Å². The number of aryl methyl sites for hydroxylation is 2. The maximum absolute atomic E-state index is 13.3. The van der Waals surface area contributed by atoms with Crippen LogP contribution >= 0.6 is 11.6 Å². The van der Waals surface area contributed by atoms with Crippen LogP contribution in [0.15, 0.2) is 75.9 Å². The highest BCUT2D eigenvalue weighted by Crippen LogP contribution is 2.33. The van der Waals surface area contributed by atoms with Gasteiger partial charge in [0.2, 0.25) is 11.2 Å². The molecule has 1 amide bonds. The predicted octanol–water partition coefficient (Wildman–Crippen LogP) is 5.12. The van der Waals surface area contributed by atoms with Gasteiger partial charge in [-0.3, -0.25) is 19.1 Å². The number of nitrogens with one attached hydrogen (secondary N) is 1. The zero-order valence-electron chi connectivity index (χ0n) is 18.3. The van der Waals surface area contributed by atoms with E-state index in [0.29, 0.717) is 27.1 Å². The van der Waals surface area contributed by atoms with Crippen LogP contribution in [0.4, 0.5) is 5.69 Å². The molecule has 0 radical (unpaired) electrons. The third kappa shape index (κ3) is 3.66. The molecule has 0 saturated heterocycles. The van der Waals surface area contributed by atoms with Gasteiger partial charge in [-0.2, -0.15) is 5.10 Å². The number of carbonyl (C=O) groups is 2. The molecule has 0 fully saturated rings. The highest BCUT2D eigenvalue weighted by Gasteiger charge is 2.25. The number of hydrogen-bond donors (Lipinski definition) is 1. The fourth-order valence-corrected chi connectivity index (χ4v) is 4.01. The third-order valence-corrected chi connectivity index (χ3v) is 5.82. The number of hydrogen-bond acceptors (Lipinski definition) is 5. The highest BCUT2D eigenvalue weighted by atomic mass is 35.5. The quantitative estimate of drug-likeness (QED) is 0.367. The van der Waals surface area contributed by atoms with Crippen LogP contribution in [-0.4, -0.2) is 21.5 Å². The van der Waals surface area contributed by atoms with Crippen molar-refractivity contribution in [2.24, 2.45) is 7.05 Å². The van der Waals surface area contributed by atoms with Gasteiger partial charge < -0.3 is 9.73 Å². The monoisotopic (exact) mass is 471 g/mol. The van der Waals surface area contributed by atoms with E-state index in [1.807, 2.05) is 19.1 Å². The van der Waals surface area contributed by atoms with Crippen LogP contribution in [0.2, 0.25) is 5.02 Å². The number of ketones is 1. The molecule has 0 saturated carbocycles. The maximum Gasteiger partial charge on any atom is 0.280 e. The van der Waals surface area contributed by atoms with Gasteiger partial charge in [-0.05, 0) is 37.3 Å². The van der Waals surface area contributed by atoms with Crippen molar-refractivity contribution in [1.29, 1.82) is 0 Å². The molecule has 0 aliphatic carbocycles. The molecule has 0 spiro atoms. The first-order valence-corrected chi connectivity index (χ1v) is 10.8. The maximum atomic E-state index is 13.3. The second-order valence-electron chi connectivity index (χ2n) is 7.91. The lowest BCUT2D eigenvalue weighted by molar-refractivity contribution is 0.101. The number of anilines is 1. The summed E-state index contributed by atoms with van der Waals surface area (Å²) < 4.78 is 7.28. The zero-order chi connectivity index (χ0) is 24.0. The summed E-state index contributed by atoms with van der Waals surface area (Å²) in [6.07, 6.45) is 0. The number of fused-ring (bicyclic) bond motifs is 2. The Morgan fingerprint density at radius 1 is 1.00 bits per heavy atom. The number of amides is 1. The van der Waals surface area contributed by atoms with Gasteiger partial charge in [0.05, 0.1) is 16.6 Å². The Balaban J connectivity index is 1.62. The summed E-state index contributed by atoms with van der Waals surface area (Å²) in [5.74, 6) is -1.18. The van der Waals surface area contributed by atoms with Crippen LogP contribution in [0, 0.1) is 6.92 Å². The van der Waals surface area contributed by atoms with E-state index in [1.54, 1.807) is 55.6 Å². The van der Waals surface area contributed by atoms with Gasteiger partial charge in [0.15, 0.2) is 11.5 Å². The third-order valence-electron chi connectivity index (χ3n) is 5.59. The van der Waals surface area contributed by atoms with Crippen molar-refractivity contribution in [1.82, 2.24) is 9.78 Å². The predicted molar refractivity (Wildman–Crippen MR) is 131 cm³/mol. The molecule has 2 heterocycles. The minimum atomic E-state index is -0.757. The van der Waals surface area contributed by atoms with E-state index in [4.69, 9.17) is 16.0 Å². The van der Waals surface area contributed by atoms with Crippen molar-refractivity contribution in [3.05, 3.63) is 105 Å². The Labute approximate surface area is 198 Å². The Morgan fingerprint density at radius 2 is 1.74 bits per heavy atom. The summed E-state index contributed by atoms with van der Waals surface area (Å²) in [6.45, 7) is 1.92. The summed E-state index contributed by atoms with van der Waals surface area (Å²) in [5, 5.41) is 8.03. The summed E-state index contributed by atoms with van der Waals surface area (Å²) in [6, 6.07) is 18.8. The SMILES string of the molecule is Cc1ccc(C(=O)c2oc3ccccc3c2NC(=O)c2nn(C)c3ccc(Cl)cc3c2=O)cc1. The molecule has 0 atom stereocenters. The normalized spacial score (nSPS) is 11.1. The molecule has 7 nitrogen and oxygen atoms in total. The largest absolute Gasteiger partial charge is 0.450 e. The molecule has 168 valence electrons. The average Bonchev–Trinajstić information content (AvgIpc) is 3.19. The van der Waals surface area contributed by atoms with Gasteiger partial charge in [-0.15, -0.1) is 0 Å². The lowest BCUT2D eigenvalue weighted by atomic mass is 10.1. The van der Waals surface area contributed by atoms with Crippen molar-refractivity contribution in [3.63, 3.8) is 0 Å². The first-order chi connectivity index (χ1) is 16.3. The minimum Gasteiger partial charge on any atom is -0.450 e. The number of aromatic nitrogens is 2. The van der Waals surface area contributed by atoms with E-state index in [2.05, 4.69) is 10.4 Å². The molecule has 1 N–H and O–H groups in total. The topological polar surface area (TPSA) is 94.2 Å². The summed E-state index contributed by atoms with van der Waals surface area (Å²) in [4.78, 5) is 39.6. The molecule has 8 heteroatoms. The van der Waals surface area contributed by atoms with Crippen LogP contribution in [-0.2, 0) is 7.05 Å². The summed E-state index contributed by atoms with van der Waals surface area (Å²) in [5.41, 5.74) is 1.68. The van der Waals surface area contributed by atoms with E-state index in [1.165, 1.54) is 10.7 Å². The number of benzene rings is 3. The standard InChI is InChI=1S/C26H18ClN3O4/c1-14-7-9-15(10-8-14)23(31)25-21(17-5-3-4-6-20(17)34-25)28-26(33)22-24(32)18-13-16(27)11-12-19(18)30(2)29-22/h3-13H,1-2H3,(H,28,33). The van der Waals surface area contributed by atoms with Gasteiger partial charge >= 0.3 is 0 Å². The smallest absolute Gasteiger partial charge is 0.280 e. The van der Waals surface area contributed by atoms with Crippen LogP contribution in [0.25, 0.3) is 21.9 Å². The second-order valence-corrected chi connectivity index (χ2v) is 8.35. The molecule has 5 aromatic rings. The molecule has 34 heavy (non-hydrogen) atoms. The van der Waals surface area contributed by atoms with E-state index in [-0.39, 0.29) is 22.5 Å². The van der Waals surface area contributed by atoms with Gasteiger partial charge in [0.25, 0.3) is 5.91 Å². The molecule has 0 bridgehead atoms. The van der Waals surface area contributed by atoms with Gasteiger partial charge in [0.1, 0.15) is 5.58 Å². The number of furan rings is 1. The van der Waals surface area contributed by atoms with Crippen LogP contribution in [0.5, 0.6) is 0 Å². The van der Waals surface area contributed by atoms with Crippen molar-refractivity contribution in [2.75, 3.05) is 5.32 Å². The number of carbonyl (C=O) groups excluding carboxylic acids is 2.